The second-order valence-electron chi connectivity index (χ2n) is 5.09. The van der Waals surface area contributed by atoms with E-state index in [1.165, 1.54) is 17.1 Å². The van der Waals surface area contributed by atoms with Gasteiger partial charge in [0.1, 0.15) is 5.76 Å². The van der Waals surface area contributed by atoms with Crippen LogP contribution in [0.25, 0.3) is 0 Å². The lowest BCUT2D eigenvalue weighted by molar-refractivity contribution is 0.430. The van der Waals surface area contributed by atoms with Crippen LogP contribution in [0.5, 0.6) is 0 Å². The van der Waals surface area contributed by atoms with E-state index in [2.05, 4.69) is 15.0 Å². The van der Waals surface area contributed by atoms with Crippen LogP contribution in [0.1, 0.15) is 30.9 Å². The number of aromatic nitrogens is 1. The standard InChI is InChI=1S/C12H22N4O3S/c1-10-8-14-12(19-10)9-15-20(17,18)16(2)7-3-6-13-11-4-5-11/h8,11,13,15H,3-7,9H2,1-2H3. The van der Waals surface area contributed by atoms with Gasteiger partial charge in [-0.1, -0.05) is 0 Å². The highest BCUT2D eigenvalue weighted by Crippen LogP contribution is 2.18. The maximum absolute atomic E-state index is 12.0. The summed E-state index contributed by atoms with van der Waals surface area (Å²) in [5.74, 6) is 1.04. The number of hydrogen-bond donors (Lipinski definition) is 2. The first kappa shape index (κ1) is 15.4. The van der Waals surface area contributed by atoms with Gasteiger partial charge in [-0.15, -0.1) is 0 Å². The topological polar surface area (TPSA) is 87.5 Å². The summed E-state index contributed by atoms with van der Waals surface area (Å²) in [5.41, 5.74) is 0. The molecule has 0 aromatic carbocycles. The second kappa shape index (κ2) is 6.66. The summed E-state index contributed by atoms with van der Waals surface area (Å²) in [6.07, 6.45) is 4.85. The van der Waals surface area contributed by atoms with Gasteiger partial charge in [0.05, 0.1) is 12.7 Å². The Hall–Kier alpha value is -0.960. The maximum Gasteiger partial charge on any atom is 0.279 e. The predicted molar refractivity (Wildman–Crippen MR) is 75.3 cm³/mol. The van der Waals surface area contributed by atoms with Crippen LogP contribution in [0.15, 0.2) is 10.6 Å². The van der Waals surface area contributed by atoms with Gasteiger partial charge in [0.2, 0.25) is 5.89 Å². The maximum atomic E-state index is 12.0. The summed E-state index contributed by atoms with van der Waals surface area (Å²) in [7, 11) is -1.91. The van der Waals surface area contributed by atoms with E-state index in [0.29, 0.717) is 24.2 Å². The number of rotatable bonds is 9. The van der Waals surface area contributed by atoms with E-state index in [0.717, 1.165) is 13.0 Å². The Morgan fingerprint density at radius 2 is 2.25 bits per heavy atom. The van der Waals surface area contributed by atoms with Gasteiger partial charge in [-0.3, -0.25) is 0 Å². The van der Waals surface area contributed by atoms with Crippen LogP contribution in [0.3, 0.4) is 0 Å². The first-order valence-electron chi connectivity index (χ1n) is 6.83. The molecule has 1 aliphatic rings. The molecule has 0 unspecified atom stereocenters. The summed E-state index contributed by atoms with van der Waals surface area (Å²) < 4.78 is 33.0. The average molecular weight is 302 g/mol. The Morgan fingerprint density at radius 1 is 1.50 bits per heavy atom. The van der Waals surface area contributed by atoms with Crippen LogP contribution in [0.2, 0.25) is 0 Å². The SMILES string of the molecule is Cc1cnc(CNS(=O)(=O)N(C)CCCNC2CC2)o1. The van der Waals surface area contributed by atoms with E-state index in [1.807, 2.05) is 0 Å². The Balaban J connectivity index is 1.70. The monoisotopic (exact) mass is 302 g/mol. The largest absolute Gasteiger partial charge is 0.445 e. The van der Waals surface area contributed by atoms with Crippen molar-refractivity contribution in [2.24, 2.45) is 0 Å². The van der Waals surface area contributed by atoms with Crippen molar-refractivity contribution in [2.75, 3.05) is 20.1 Å². The van der Waals surface area contributed by atoms with Gasteiger partial charge in [-0.25, -0.2) is 4.98 Å². The Bertz CT molecular complexity index is 525. The molecule has 1 aromatic rings. The first-order valence-corrected chi connectivity index (χ1v) is 8.27. The van der Waals surface area contributed by atoms with Crippen molar-refractivity contribution in [2.45, 2.75) is 38.8 Å². The molecule has 0 spiro atoms. The van der Waals surface area contributed by atoms with Crippen molar-refractivity contribution in [3.05, 3.63) is 17.8 Å². The van der Waals surface area contributed by atoms with Crippen LogP contribution in [-0.2, 0) is 16.8 Å². The molecule has 0 atom stereocenters. The molecule has 114 valence electrons. The smallest absolute Gasteiger partial charge is 0.279 e. The summed E-state index contributed by atoms with van der Waals surface area (Å²) in [6.45, 7) is 3.17. The van der Waals surface area contributed by atoms with E-state index in [4.69, 9.17) is 4.42 Å². The molecule has 1 heterocycles. The van der Waals surface area contributed by atoms with Gasteiger partial charge < -0.3 is 9.73 Å². The predicted octanol–water partition coefficient (Wildman–Crippen LogP) is 0.391. The molecule has 0 bridgehead atoms. The molecule has 1 saturated carbocycles. The van der Waals surface area contributed by atoms with E-state index < -0.39 is 10.2 Å². The van der Waals surface area contributed by atoms with Crippen LogP contribution < -0.4 is 10.0 Å². The molecule has 0 saturated heterocycles. The molecule has 2 rings (SSSR count). The van der Waals surface area contributed by atoms with Gasteiger partial charge in [-0.05, 0) is 32.7 Å². The zero-order valence-electron chi connectivity index (χ0n) is 11.9. The molecule has 0 radical (unpaired) electrons. The first-order chi connectivity index (χ1) is 9.47. The zero-order chi connectivity index (χ0) is 14.6. The third kappa shape index (κ3) is 4.86. The van der Waals surface area contributed by atoms with Gasteiger partial charge in [0, 0.05) is 19.6 Å². The lowest BCUT2D eigenvalue weighted by Gasteiger charge is -2.17. The molecule has 0 aliphatic heterocycles. The number of nitrogens with zero attached hydrogens (tertiary/aromatic N) is 2. The van der Waals surface area contributed by atoms with Crippen molar-refractivity contribution in [3.63, 3.8) is 0 Å². The summed E-state index contributed by atoms with van der Waals surface area (Å²) in [4.78, 5) is 3.96. The van der Waals surface area contributed by atoms with E-state index in [9.17, 15) is 8.42 Å². The lowest BCUT2D eigenvalue weighted by atomic mass is 10.4. The summed E-state index contributed by atoms with van der Waals surface area (Å²) >= 11 is 0. The molecule has 8 heteroatoms. The number of aryl methyl sites for hydroxylation is 1. The third-order valence-electron chi connectivity index (χ3n) is 3.15. The Kier molecular flexibility index (Phi) is 5.14. The van der Waals surface area contributed by atoms with Crippen LogP contribution in [0, 0.1) is 6.92 Å². The molecule has 0 amide bonds. The fourth-order valence-corrected chi connectivity index (χ4v) is 2.66. The van der Waals surface area contributed by atoms with E-state index >= 15 is 0 Å². The highest BCUT2D eigenvalue weighted by atomic mass is 32.2. The minimum atomic E-state index is -3.48. The van der Waals surface area contributed by atoms with Gasteiger partial charge in [-0.2, -0.15) is 17.4 Å². The van der Waals surface area contributed by atoms with Crippen LogP contribution >= 0.6 is 0 Å². The molecule has 1 aromatic heterocycles. The molecular formula is C12H22N4O3S. The molecular weight excluding hydrogens is 280 g/mol. The number of nitrogens with one attached hydrogen (secondary N) is 2. The van der Waals surface area contributed by atoms with Gasteiger partial charge >= 0.3 is 0 Å². The second-order valence-corrected chi connectivity index (χ2v) is 6.96. The normalized spacial score (nSPS) is 15.9. The number of oxazole rings is 1. The fraction of sp³-hybridized carbons (Fsp3) is 0.750. The molecule has 2 N–H and O–H groups in total. The highest BCUT2D eigenvalue weighted by molar-refractivity contribution is 7.87. The van der Waals surface area contributed by atoms with Crippen LogP contribution in [-0.4, -0.2) is 43.9 Å². The Labute approximate surface area is 119 Å². The minimum Gasteiger partial charge on any atom is -0.445 e. The van der Waals surface area contributed by atoms with E-state index in [-0.39, 0.29) is 6.54 Å². The lowest BCUT2D eigenvalue weighted by Crippen LogP contribution is -2.39. The van der Waals surface area contributed by atoms with Crippen molar-refractivity contribution in [1.29, 1.82) is 0 Å². The fourth-order valence-electron chi connectivity index (χ4n) is 1.76. The minimum absolute atomic E-state index is 0.0703. The molecule has 1 aliphatic carbocycles. The summed E-state index contributed by atoms with van der Waals surface area (Å²) in [5, 5.41) is 3.36. The Morgan fingerprint density at radius 3 is 2.85 bits per heavy atom. The molecule has 7 nitrogen and oxygen atoms in total. The third-order valence-corrected chi connectivity index (χ3v) is 4.66. The van der Waals surface area contributed by atoms with Crippen molar-refractivity contribution >= 4 is 10.2 Å². The van der Waals surface area contributed by atoms with Crippen molar-refractivity contribution < 1.29 is 12.8 Å². The van der Waals surface area contributed by atoms with Crippen molar-refractivity contribution in [1.82, 2.24) is 19.3 Å². The van der Waals surface area contributed by atoms with E-state index in [1.54, 1.807) is 20.2 Å². The molecule has 1 fully saturated rings. The quantitative estimate of drug-likeness (QED) is 0.644. The van der Waals surface area contributed by atoms with Crippen molar-refractivity contribution in [3.8, 4) is 0 Å². The average Bonchev–Trinajstić information content (AvgIpc) is 3.13. The number of hydrogen-bond acceptors (Lipinski definition) is 5. The zero-order valence-corrected chi connectivity index (χ0v) is 12.7. The van der Waals surface area contributed by atoms with Gasteiger partial charge in [0.25, 0.3) is 10.2 Å². The van der Waals surface area contributed by atoms with Crippen LogP contribution in [0.4, 0.5) is 0 Å². The summed E-state index contributed by atoms with van der Waals surface area (Å²) in [6, 6.07) is 0.656. The highest BCUT2D eigenvalue weighted by Gasteiger charge is 2.21. The van der Waals surface area contributed by atoms with Gasteiger partial charge in [0.15, 0.2) is 0 Å². The molecule has 20 heavy (non-hydrogen) atoms.